The lowest BCUT2D eigenvalue weighted by Gasteiger charge is -2.28. The second kappa shape index (κ2) is 12.8. The average Bonchev–Trinajstić information content (AvgIpc) is 2.80. The summed E-state index contributed by atoms with van der Waals surface area (Å²) >= 11 is 0. The van der Waals surface area contributed by atoms with Gasteiger partial charge >= 0.3 is 5.97 Å². The van der Waals surface area contributed by atoms with Crippen molar-refractivity contribution in [2.24, 2.45) is 0 Å². The molecule has 2 atom stereocenters. The summed E-state index contributed by atoms with van der Waals surface area (Å²) in [5, 5.41) is 0. The van der Waals surface area contributed by atoms with Crippen LogP contribution in [0.2, 0.25) is 0 Å². The Labute approximate surface area is 186 Å². The van der Waals surface area contributed by atoms with Crippen molar-refractivity contribution in [1.82, 2.24) is 4.90 Å². The van der Waals surface area contributed by atoms with Crippen molar-refractivity contribution in [3.63, 3.8) is 0 Å². The van der Waals surface area contributed by atoms with Crippen LogP contribution in [0.1, 0.15) is 64.0 Å². The summed E-state index contributed by atoms with van der Waals surface area (Å²) in [5.74, 6) is 0.675. The lowest BCUT2D eigenvalue weighted by Crippen LogP contribution is -2.42. The van der Waals surface area contributed by atoms with Gasteiger partial charge in [0.05, 0.1) is 13.0 Å². The molecule has 0 aliphatic heterocycles. The number of carbonyl (C=O) groups is 2. The first kappa shape index (κ1) is 24.4. The Morgan fingerprint density at radius 1 is 0.935 bits per heavy atom. The molecule has 0 saturated carbocycles. The lowest BCUT2D eigenvalue weighted by molar-refractivity contribution is -0.145. The molecule has 0 aromatic heterocycles. The maximum atomic E-state index is 13.5. The standard InChI is InChI=1S/C26H35NO4/c1-5-20(4)22-15-11-12-16-24(22)31-23(6-2)26(29)27(18-17-25(28)30-7-3)19-21-13-9-8-10-14-21/h8-16,20,23H,5-7,17-19H2,1-4H3. The zero-order chi connectivity index (χ0) is 22.6. The zero-order valence-corrected chi connectivity index (χ0v) is 19.2. The maximum Gasteiger partial charge on any atom is 0.307 e. The number of ether oxygens (including phenoxy) is 2. The van der Waals surface area contributed by atoms with E-state index < -0.39 is 6.10 Å². The summed E-state index contributed by atoms with van der Waals surface area (Å²) in [6.07, 6.45) is 1.08. The first-order valence-electron chi connectivity index (χ1n) is 11.2. The third-order valence-electron chi connectivity index (χ3n) is 5.40. The molecule has 2 rings (SSSR count). The smallest absolute Gasteiger partial charge is 0.307 e. The molecule has 5 heteroatoms. The van der Waals surface area contributed by atoms with E-state index in [1.807, 2.05) is 55.5 Å². The molecule has 1 amide bonds. The van der Waals surface area contributed by atoms with E-state index in [1.54, 1.807) is 11.8 Å². The number of amides is 1. The molecule has 5 nitrogen and oxygen atoms in total. The van der Waals surface area contributed by atoms with Crippen LogP contribution in [0.4, 0.5) is 0 Å². The van der Waals surface area contributed by atoms with Crippen LogP contribution in [-0.4, -0.2) is 36.0 Å². The minimum Gasteiger partial charge on any atom is -0.480 e. The number of rotatable bonds is 12. The zero-order valence-electron chi connectivity index (χ0n) is 19.2. The van der Waals surface area contributed by atoms with Crippen molar-refractivity contribution in [1.29, 1.82) is 0 Å². The first-order chi connectivity index (χ1) is 15.0. The highest BCUT2D eigenvalue weighted by molar-refractivity contribution is 5.82. The minimum atomic E-state index is -0.615. The number of nitrogens with zero attached hydrogens (tertiary/aromatic N) is 1. The number of hydrogen-bond donors (Lipinski definition) is 0. The molecular weight excluding hydrogens is 390 g/mol. The first-order valence-corrected chi connectivity index (χ1v) is 11.2. The van der Waals surface area contributed by atoms with E-state index in [0.717, 1.165) is 23.3 Å². The van der Waals surface area contributed by atoms with Gasteiger partial charge in [-0.2, -0.15) is 0 Å². The third kappa shape index (κ3) is 7.42. The summed E-state index contributed by atoms with van der Waals surface area (Å²) in [7, 11) is 0. The van der Waals surface area contributed by atoms with Crippen molar-refractivity contribution in [3.05, 3.63) is 65.7 Å². The van der Waals surface area contributed by atoms with Gasteiger partial charge in [0.1, 0.15) is 5.75 Å². The molecule has 2 aromatic rings. The molecule has 0 aliphatic carbocycles. The van der Waals surface area contributed by atoms with Gasteiger partial charge in [0.2, 0.25) is 0 Å². The highest BCUT2D eigenvalue weighted by atomic mass is 16.5. The van der Waals surface area contributed by atoms with Crippen LogP contribution in [0.15, 0.2) is 54.6 Å². The molecule has 2 aromatic carbocycles. The number of esters is 1. The fraction of sp³-hybridized carbons (Fsp3) is 0.462. The fourth-order valence-corrected chi connectivity index (χ4v) is 3.41. The minimum absolute atomic E-state index is 0.116. The molecule has 0 spiro atoms. The van der Waals surface area contributed by atoms with E-state index in [4.69, 9.17) is 9.47 Å². The van der Waals surface area contributed by atoms with E-state index in [1.165, 1.54) is 0 Å². The fourth-order valence-electron chi connectivity index (χ4n) is 3.41. The number of para-hydroxylation sites is 1. The molecule has 31 heavy (non-hydrogen) atoms. The largest absolute Gasteiger partial charge is 0.480 e. The van der Waals surface area contributed by atoms with E-state index in [2.05, 4.69) is 19.9 Å². The van der Waals surface area contributed by atoms with Crippen LogP contribution in [0.5, 0.6) is 5.75 Å². The molecule has 0 N–H and O–H groups in total. The van der Waals surface area contributed by atoms with E-state index in [0.29, 0.717) is 32.0 Å². The molecule has 0 bridgehead atoms. The van der Waals surface area contributed by atoms with E-state index in [-0.39, 0.29) is 18.3 Å². The SMILES string of the molecule is CCOC(=O)CCN(Cc1ccccc1)C(=O)C(CC)Oc1ccccc1C(C)CC. The van der Waals surface area contributed by atoms with Crippen molar-refractivity contribution in [2.45, 2.75) is 65.5 Å². The van der Waals surface area contributed by atoms with E-state index in [9.17, 15) is 9.59 Å². The molecule has 0 saturated heterocycles. The Bertz CT molecular complexity index is 821. The summed E-state index contributed by atoms with van der Waals surface area (Å²) in [6, 6.07) is 17.7. The van der Waals surface area contributed by atoms with Crippen LogP contribution >= 0.6 is 0 Å². The molecule has 168 valence electrons. The monoisotopic (exact) mass is 425 g/mol. The van der Waals surface area contributed by atoms with Crippen LogP contribution in [0.25, 0.3) is 0 Å². The second-order valence-corrected chi connectivity index (χ2v) is 7.66. The Morgan fingerprint density at radius 3 is 2.26 bits per heavy atom. The topological polar surface area (TPSA) is 55.8 Å². The van der Waals surface area contributed by atoms with Gasteiger partial charge in [0.25, 0.3) is 5.91 Å². The van der Waals surface area contributed by atoms with Crippen molar-refractivity contribution < 1.29 is 19.1 Å². The third-order valence-corrected chi connectivity index (χ3v) is 5.40. The van der Waals surface area contributed by atoms with E-state index >= 15 is 0 Å². The van der Waals surface area contributed by atoms with Crippen LogP contribution in [0, 0.1) is 0 Å². The predicted molar refractivity (Wildman–Crippen MR) is 123 cm³/mol. The molecule has 0 radical (unpaired) electrons. The highest BCUT2D eigenvalue weighted by Crippen LogP contribution is 2.29. The van der Waals surface area contributed by atoms with Gasteiger partial charge in [-0.05, 0) is 42.9 Å². The molecule has 0 aliphatic rings. The molecular formula is C26H35NO4. The molecule has 0 heterocycles. The quantitative estimate of drug-likeness (QED) is 0.431. The van der Waals surface area contributed by atoms with Gasteiger partial charge in [-0.25, -0.2) is 0 Å². The van der Waals surface area contributed by atoms with Gasteiger partial charge in [0.15, 0.2) is 6.10 Å². The highest BCUT2D eigenvalue weighted by Gasteiger charge is 2.26. The Kier molecular flexibility index (Phi) is 10.1. The van der Waals surface area contributed by atoms with Gasteiger partial charge in [-0.3, -0.25) is 9.59 Å². The maximum absolute atomic E-state index is 13.5. The summed E-state index contributed by atoms with van der Waals surface area (Å²) in [5.41, 5.74) is 2.12. The van der Waals surface area contributed by atoms with Gasteiger partial charge < -0.3 is 14.4 Å². The number of benzene rings is 2. The lowest BCUT2D eigenvalue weighted by atomic mass is 9.98. The average molecular weight is 426 g/mol. The van der Waals surface area contributed by atoms with Crippen molar-refractivity contribution in [2.75, 3.05) is 13.2 Å². The van der Waals surface area contributed by atoms with Gasteiger partial charge in [0, 0.05) is 13.1 Å². The summed E-state index contributed by atoms with van der Waals surface area (Å²) < 4.78 is 11.3. The Hall–Kier alpha value is -2.82. The molecule has 0 fully saturated rings. The summed E-state index contributed by atoms with van der Waals surface area (Å²) in [4.78, 5) is 27.1. The second-order valence-electron chi connectivity index (χ2n) is 7.66. The van der Waals surface area contributed by atoms with Crippen molar-refractivity contribution >= 4 is 11.9 Å². The number of hydrogen-bond acceptors (Lipinski definition) is 4. The van der Waals surface area contributed by atoms with Gasteiger partial charge in [-0.1, -0.05) is 69.3 Å². The van der Waals surface area contributed by atoms with Crippen LogP contribution in [0.3, 0.4) is 0 Å². The number of carbonyl (C=O) groups excluding carboxylic acids is 2. The van der Waals surface area contributed by atoms with Crippen LogP contribution in [-0.2, 0) is 20.9 Å². The van der Waals surface area contributed by atoms with Gasteiger partial charge in [-0.15, -0.1) is 0 Å². The Morgan fingerprint density at radius 2 is 1.61 bits per heavy atom. The predicted octanol–water partition coefficient (Wildman–Crippen LogP) is 5.34. The Balaban J connectivity index is 2.20. The normalized spacial score (nSPS) is 12.6. The van der Waals surface area contributed by atoms with Crippen LogP contribution < -0.4 is 4.74 Å². The summed E-state index contributed by atoms with van der Waals surface area (Å²) in [6.45, 7) is 9.07. The van der Waals surface area contributed by atoms with Crippen molar-refractivity contribution in [3.8, 4) is 5.75 Å². The molecule has 2 unspecified atom stereocenters.